The largest absolute Gasteiger partial charge is 0.497 e. The number of carbonyl (C=O) groups is 2. The van der Waals surface area contributed by atoms with Crippen LogP contribution in [0.3, 0.4) is 0 Å². The molecule has 2 aliphatic rings. The van der Waals surface area contributed by atoms with E-state index in [9.17, 15) is 9.59 Å². The summed E-state index contributed by atoms with van der Waals surface area (Å²) in [6, 6.07) is 5.81. The van der Waals surface area contributed by atoms with Gasteiger partial charge in [0.25, 0.3) is 0 Å². The molecule has 8 heteroatoms. The average Bonchev–Trinajstić information content (AvgIpc) is 3.34. The number of aromatic nitrogens is 1. The third-order valence-corrected chi connectivity index (χ3v) is 6.57. The number of carbonyl (C=O) groups excluding carboxylic acids is 2. The average molecular weight is 406 g/mol. The van der Waals surface area contributed by atoms with Gasteiger partial charge in [-0.25, -0.2) is 4.98 Å². The molecular weight excluding hydrogens is 386 g/mol. The Morgan fingerprint density at radius 1 is 1.37 bits per heavy atom. The summed E-state index contributed by atoms with van der Waals surface area (Å²) in [6.07, 6.45) is 2.62. The summed E-state index contributed by atoms with van der Waals surface area (Å²) in [5.74, 6) is 0.819. The number of nitrogens with zero attached hydrogens (tertiary/aromatic N) is 3. The number of hydrogen-bond donors (Lipinski definition) is 0. The minimum Gasteiger partial charge on any atom is -0.497 e. The molecule has 1 atom stereocenters. The van der Waals surface area contributed by atoms with E-state index in [-0.39, 0.29) is 23.7 Å². The molecule has 2 aliphatic heterocycles. The topological polar surface area (TPSA) is 62.7 Å². The van der Waals surface area contributed by atoms with E-state index in [1.54, 1.807) is 20.2 Å². The second kappa shape index (κ2) is 6.80. The van der Waals surface area contributed by atoms with Gasteiger partial charge in [0.05, 0.1) is 19.7 Å². The fourth-order valence-corrected chi connectivity index (χ4v) is 5.03. The molecule has 0 saturated carbocycles. The zero-order valence-corrected chi connectivity index (χ0v) is 16.8. The van der Waals surface area contributed by atoms with Crippen LogP contribution in [0.25, 0.3) is 0 Å². The Morgan fingerprint density at radius 3 is 2.81 bits per heavy atom. The van der Waals surface area contributed by atoms with E-state index in [2.05, 4.69) is 4.98 Å². The first kappa shape index (κ1) is 18.3. The summed E-state index contributed by atoms with van der Waals surface area (Å²) in [5.41, 5.74) is 1.73. The first-order chi connectivity index (χ1) is 12.9. The maximum atomic E-state index is 13.0. The summed E-state index contributed by atoms with van der Waals surface area (Å²) in [5, 5.41) is 0.706. The van der Waals surface area contributed by atoms with Crippen LogP contribution in [0.1, 0.15) is 23.9 Å². The monoisotopic (exact) mass is 405 g/mol. The molecule has 2 amide bonds. The Bertz CT molecular complexity index is 915. The van der Waals surface area contributed by atoms with Gasteiger partial charge >= 0.3 is 0 Å². The van der Waals surface area contributed by atoms with Gasteiger partial charge in [0.2, 0.25) is 11.8 Å². The lowest BCUT2D eigenvalue weighted by Gasteiger charge is -2.25. The van der Waals surface area contributed by atoms with Crippen LogP contribution >= 0.6 is 22.9 Å². The maximum Gasteiger partial charge on any atom is 0.233 e. The summed E-state index contributed by atoms with van der Waals surface area (Å²) in [6.45, 7) is 3.48. The van der Waals surface area contributed by atoms with Crippen molar-refractivity contribution < 1.29 is 14.3 Å². The summed E-state index contributed by atoms with van der Waals surface area (Å²) in [4.78, 5) is 32.8. The van der Waals surface area contributed by atoms with Crippen molar-refractivity contribution in [3.63, 3.8) is 0 Å². The summed E-state index contributed by atoms with van der Waals surface area (Å²) < 4.78 is 5.98. The number of benzene rings is 1. The second-order valence-electron chi connectivity index (χ2n) is 7.07. The quantitative estimate of drug-likeness (QED) is 0.787. The van der Waals surface area contributed by atoms with Gasteiger partial charge in [0.1, 0.15) is 15.1 Å². The Balaban J connectivity index is 1.67. The number of hydrogen-bond acceptors (Lipinski definition) is 5. The molecule has 1 aromatic heterocycles. The lowest BCUT2D eigenvalue weighted by molar-refractivity contribution is -0.127. The zero-order chi connectivity index (χ0) is 19.2. The van der Waals surface area contributed by atoms with E-state index in [0.29, 0.717) is 29.0 Å². The Hall–Kier alpha value is -2.12. The van der Waals surface area contributed by atoms with Crippen LogP contribution in [-0.2, 0) is 21.4 Å². The van der Waals surface area contributed by atoms with Crippen molar-refractivity contribution in [2.45, 2.75) is 25.2 Å². The normalized spacial score (nSPS) is 21.0. The van der Waals surface area contributed by atoms with Crippen molar-refractivity contribution in [1.82, 2.24) is 9.88 Å². The SMILES string of the molecule is COc1ccc2c(c1)C1(CCN(C(C)=O)C1)CN2C(=O)Cc1ncc(Cl)s1. The van der Waals surface area contributed by atoms with Crippen molar-refractivity contribution in [3.8, 4) is 5.75 Å². The van der Waals surface area contributed by atoms with E-state index < -0.39 is 0 Å². The molecule has 6 nitrogen and oxygen atoms in total. The zero-order valence-electron chi connectivity index (χ0n) is 15.2. The molecule has 1 spiro atoms. The van der Waals surface area contributed by atoms with Gasteiger partial charge in [0, 0.05) is 37.7 Å². The number of likely N-dealkylation sites (tertiary alicyclic amines) is 1. The molecule has 1 saturated heterocycles. The highest BCUT2D eigenvalue weighted by molar-refractivity contribution is 7.15. The van der Waals surface area contributed by atoms with Crippen LogP contribution in [-0.4, -0.2) is 48.4 Å². The van der Waals surface area contributed by atoms with Crippen LogP contribution in [0.4, 0.5) is 5.69 Å². The highest BCUT2D eigenvalue weighted by Crippen LogP contribution is 2.47. The number of rotatable bonds is 3. The number of amides is 2. The standard InChI is InChI=1S/C19H20ClN3O3S/c1-12(24)22-6-5-19(10-22)11-23(15-4-3-13(26-2)7-14(15)19)18(25)8-17-21-9-16(20)27-17/h3-4,7,9H,5-6,8,10-11H2,1-2H3. The molecule has 1 fully saturated rings. The second-order valence-corrected chi connectivity index (χ2v) is 8.82. The van der Waals surface area contributed by atoms with Gasteiger partial charge in [-0.3, -0.25) is 9.59 Å². The van der Waals surface area contributed by atoms with Crippen LogP contribution in [0.5, 0.6) is 5.75 Å². The molecule has 0 bridgehead atoms. The number of ether oxygens (including phenoxy) is 1. The number of thiazole rings is 1. The van der Waals surface area contributed by atoms with Gasteiger partial charge in [-0.15, -0.1) is 11.3 Å². The molecular formula is C19H20ClN3O3S. The molecule has 27 heavy (non-hydrogen) atoms. The number of anilines is 1. The van der Waals surface area contributed by atoms with Gasteiger partial charge in [-0.05, 0) is 30.2 Å². The maximum absolute atomic E-state index is 13.0. The van der Waals surface area contributed by atoms with E-state index in [4.69, 9.17) is 16.3 Å². The van der Waals surface area contributed by atoms with Gasteiger partial charge in [-0.2, -0.15) is 0 Å². The molecule has 0 aliphatic carbocycles. The summed E-state index contributed by atoms with van der Waals surface area (Å²) in [7, 11) is 1.63. The predicted octanol–water partition coefficient (Wildman–Crippen LogP) is 2.88. The van der Waals surface area contributed by atoms with Crippen molar-refractivity contribution in [3.05, 3.63) is 39.3 Å². The first-order valence-electron chi connectivity index (χ1n) is 8.76. The van der Waals surface area contributed by atoms with Crippen LogP contribution in [0.2, 0.25) is 4.34 Å². The van der Waals surface area contributed by atoms with Gasteiger partial charge in [0.15, 0.2) is 0 Å². The number of methoxy groups -OCH3 is 1. The van der Waals surface area contributed by atoms with Gasteiger partial charge < -0.3 is 14.5 Å². The molecule has 0 N–H and O–H groups in total. The Labute approximate surface area is 166 Å². The fourth-order valence-electron chi connectivity index (χ4n) is 4.08. The molecule has 3 heterocycles. The van der Waals surface area contributed by atoms with Crippen molar-refractivity contribution in [2.75, 3.05) is 31.6 Å². The minimum atomic E-state index is -0.244. The fraction of sp³-hybridized carbons (Fsp3) is 0.421. The molecule has 0 radical (unpaired) electrons. The molecule has 2 aromatic rings. The van der Waals surface area contributed by atoms with Crippen molar-refractivity contribution in [2.24, 2.45) is 0 Å². The lowest BCUT2D eigenvalue weighted by atomic mass is 9.81. The van der Waals surface area contributed by atoms with Crippen molar-refractivity contribution >= 4 is 40.4 Å². The minimum absolute atomic E-state index is 0.00872. The van der Waals surface area contributed by atoms with E-state index in [0.717, 1.165) is 23.4 Å². The number of fused-ring (bicyclic) bond motifs is 2. The van der Waals surface area contributed by atoms with Gasteiger partial charge in [-0.1, -0.05) is 11.6 Å². The van der Waals surface area contributed by atoms with Crippen molar-refractivity contribution in [1.29, 1.82) is 0 Å². The highest BCUT2D eigenvalue weighted by Gasteiger charge is 2.49. The lowest BCUT2D eigenvalue weighted by Crippen LogP contribution is -2.40. The van der Waals surface area contributed by atoms with Crippen LogP contribution < -0.4 is 9.64 Å². The first-order valence-corrected chi connectivity index (χ1v) is 9.96. The van der Waals surface area contributed by atoms with Crippen LogP contribution in [0, 0.1) is 0 Å². The van der Waals surface area contributed by atoms with Crippen LogP contribution in [0.15, 0.2) is 24.4 Å². The Morgan fingerprint density at radius 2 is 2.19 bits per heavy atom. The third-order valence-electron chi connectivity index (χ3n) is 5.45. The van der Waals surface area contributed by atoms with E-state index >= 15 is 0 Å². The Kier molecular flexibility index (Phi) is 4.60. The molecule has 1 aromatic carbocycles. The summed E-state index contributed by atoms with van der Waals surface area (Å²) >= 11 is 7.27. The van der Waals surface area contributed by atoms with E-state index in [1.165, 1.54) is 11.3 Å². The molecule has 4 rings (SSSR count). The third kappa shape index (κ3) is 3.19. The molecule has 142 valence electrons. The highest BCUT2D eigenvalue weighted by atomic mass is 35.5. The number of halogens is 1. The predicted molar refractivity (Wildman–Crippen MR) is 105 cm³/mol. The van der Waals surface area contributed by atoms with E-state index in [1.807, 2.05) is 28.0 Å². The molecule has 1 unspecified atom stereocenters. The smallest absolute Gasteiger partial charge is 0.233 e.